The Labute approximate surface area is 181 Å². The van der Waals surface area contributed by atoms with Gasteiger partial charge >= 0.3 is 6.18 Å². The van der Waals surface area contributed by atoms with Crippen molar-refractivity contribution in [3.05, 3.63) is 83.2 Å². The number of amides is 2. The van der Waals surface area contributed by atoms with Crippen molar-refractivity contribution in [1.82, 2.24) is 4.57 Å². The number of carbonyl (C=O) groups excluding carboxylic acids is 2. The van der Waals surface area contributed by atoms with E-state index in [9.17, 15) is 22.8 Å². The van der Waals surface area contributed by atoms with Gasteiger partial charge < -0.3 is 14.8 Å². The largest absolute Gasteiger partial charge is 0.416 e. The first kappa shape index (κ1) is 21.2. The van der Waals surface area contributed by atoms with Crippen molar-refractivity contribution in [2.45, 2.75) is 19.1 Å². The molecule has 1 aliphatic heterocycles. The molecule has 1 aromatic heterocycles. The van der Waals surface area contributed by atoms with Gasteiger partial charge in [0.25, 0.3) is 11.8 Å². The van der Waals surface area contributed by atoms with Gasteiger partial charge in [-0.1, -0.05) is 6.07 Å². The summed E-state index contributed by atoms with van der Waals surface area (Å²) >= 11 is 0. The van der Waals surface area contributed by atoms with Gasteiger partial charge in [-0.25, -0.2) is 0 Å². The number of aromatic nitrogens is 1. The molecule has 0 spiro atoms. The first-order valence-corrected chi connectivity index (χ1v) is 9.70. The maximum atomic E-state index is 13.2. The number of anilines is 2. The molecule has 1 aliphatic rings. The van der Waals surface area contributed by atoms with Crippen LogP contribution in [-0.2, 0) is 6.18 Å². The van der Waals surface area contributed by atoms with Crippen LogP contribution in [0.1, 0.15) is 44.9 Å². The molecule has 0 unspecified atom stereocenters. The van der Waals surface area contributed by atoms with Gasteiger partial charge in [0.05, 0.1) is 22.9 Å². The SMILES string of the molecule is C[C@H]1CN(c2ccc(C(F)(F)F)cc2)C(=O)c2c(NC(=O)c3cccc(C#N)c3)ccn21. The van der Waals surface area contributed by atoms with E-state index in [1.165, 1.54) is 23.1 Å². The van der Waals surface area contributed by atoms with Crippen LogP contribution in [0.25, 0.3) is 0 Å². The van der Waals surface area contributed by atoms with Crippen LogP contribution >= 0.6 is 0 Å². The number of nitrogens with one attached hydrogen (secondary N) is 1. The standard InChI is InChI=1S/C23H17F3N4O2/c1-14-13-30(18-7-5-17(6-8-18)23(24,25)26)22(32)20-19(9-10-29(14)20)28-21(31)16-4-2-3-15(11-16)12-27/h2-11,14H,13H2,1H3,(H,28,31)/t14-/m0/s1. The number of nitriles is 1. The molecule has 0 bridgehead atoms. The average Bonchev–Trinajstić information content (AvgIpc) is 3.20. The highest BCUT2D eigenvalue weighted by Crippen LogP contribution is 2.34. The van der Waals surface area contributed by atoms with Crippen LogP contribution in [0.15, 0.2) is 60.8 Å². The summed E-state index contributed by atoms with van der Waals surface area (Å²) in [6, 6.07) is 13.9. The predicted molar refractivity (Wildman–Crippen MR) is 111 cm³/mol. The minimum absolute atomic E-state index is 0.169. The minimum atomic E-state index is -4.47. The van der Waals surface area contributed by atoms with Crippen LogP contribution in [-0.4, -0.2) is 22.9 Å². The van der Waals surface area contributed by atoms with Crippen molar-refractivity contribution in [3.63, 3.8) is 0 Å². The van der Waals surface area contributed by atoms with Gasteiger partial charge in [0.2, 0.25) is 0 Å². The molecule has 3 aromatic rings. The summed E-state index contributed by atoms with van der Waals surface area (Å²) in [6.45, 7) is 2.14. The molecule has 2 amide bonds. The third-order valence-electron chi connectivity index (χ3n) is 5.29. The molecule has 0 radical (unpaired) electrons. The molecular weight excluding hydrogens is 421 g/mol. The van der Waals surface area contributed by atoms with Crippen molar-refractivity contribution < 1.29 is 22.8 Å². The molecule has 0 saturated carbocycles. The van der Waals surface area contributed by atoms with Gasteiger partial charge in [0.1, 0.15) is 5.69 Å². The third-order valence-corrected chi connectivity index (χ3v) is 5.29. The number of rotatable bonds is 3. The summed E-state index contributed by atoms with van der Waals surface area (Å²) in [7, 11) is 0. The highest BCUT2D eigenvalue weighted by Gasteiger charge is 2.34. The smallest absolute Gasteiger partial charge is 0.337 e. The molecule has 0 aliphatic carbocycles. The lowest BCUT2D eigenvalue weighted by Gasteiger charge is -2.33. The van der Waals surface area contributed by atoms with E-state index in [0.29, 0.717) is 11.3 Å². The number of hydrogen-bond acceptors (Lipinski definition) is 3. The number of carbonyl (C=O) groups is 2. The Morgan fingerprint density at radius 3 is 2.53 bits per heavy atom. The lowest BCUT2D eigenvalue weighted by molar-refractivity contribution is -0.137. The predicted octanol–water partition coefficient (Wildman–Crippen LogP) is 4.85. The summed E-state index contributed by atoms with van der Waals surface area (Å²) in [4.78, 5) is 27.3. The second kappa shape index (κ2) is 7.89. The van der Waals surface area contributed by atoms with Crippen LogP contribution in [0.2, 0.25) is 0 Å². The normalized spacial score (nSPS) is 15.8. The second-order valence-corrected chi connectivity index (χ2v) is 7.44. The number of alkyl halides is 3. The van der Waals surface area contributed by atoms with Crippen LogP contribution < -0.4 is 10.2 Å². The van der Waals surface area contributed by atoms with E-state index in [2.05, 4.69) is 5.32 Å². The summed E-state index contributed by atoms with van der Waals surface area (Å²) in [6.07, 6.45) is -2.78. The van der Waals surface area contributed by atoms with Gasteiger partial charge in [0.15, 0.2) is 0 Å². The van der Waals surface area contributed by atoms with Crippen LogP contribution in [0.3, 0.4) is 0 Å². The summed E-state index contributed by atoms with van der Waals surface area (Å²) < 4.78 is 40.4. The Hall–Kier alpha value is -4.06. The van der Waals surface area contributed by atoms with Crippen LogP contribution in [0, 0.1) is 11.3 Å². The molecule has 0 fully saturated rings. The number of nitrogens with zero attached hydrogens (tertiary/aromatic N) is 3. The number of halogens is 3. The van der Waals surface area contributed by atoms with E-state index in [1.54, 1.807) is 35.0 Å². The van der Waals surface area contributed by atoms with Crippen molar-refractivity contribution >= 4 is 23.2 Å². The summed E-state index contributed by atoms with van der Waals surface area (Å²) in [5, 5.41) is 11.7. The molecule has 6 nitrogen and oxygen atoms in total. The lowest BCUT2D eigenvalue weighted by Crippen LogP contribution is -2.42. The number of hydrogen-bond donors (Lipinski definition) is 1. The third kappa shape index (κ3) is 3.83. The van der Waals surface area contributed by atoms with E-state index in [1.807, 2.05) is 13.0 Å². The monoisotopic (exact) mass is 438 g/mol. The number of fused-ring (bicyclic) bond motifs is 1. The molecular formula is C23H17F3N4O2. The molecule has 32 heavy (non-hydrogen) atoms. The van der Waals surface area contributed by atoms with Gasteiger partial charge in [0, 0.05) is 30.0 Å². The van der Waals surface area contributed by atoms with Gasteiger partial charge in [-0.2, -0.15) is 18.4 Å². The first-order chi connectivity index (χ1) is 15.2. The van der Waals surface area contributed by atoms with Crippen molar-refractivity contribution in [1.29, 1.82) is 5.26 Å². The van der Waals surface area contributed by atoms with E-state index < -0.39 is 23.6 Å². The van der Waals surface area contributed by atoms with E-state index in [0.717, 1.165) is 12.1 Å². The fraction of sp³-hybridized carbons (Fsp3) is 0.174. The maximum Gasteiger partial charge on any atom is 0.416 e. The Morgan fingerprint density at radius 1 is 1.16 bits per heavy atom. The zero-order valence-corrected chi connectivity index (χ0v) is 16.8. The van der Waals surface area contributed by atoms with Gasteiger partial charge in [-0.05, 0) is 55.5 Å². The van der Waals surface area contributed by atoms with Crippen molar-refractivity contribution in [2.24, 2.45) is 0 Å². The van der Waals surface area contributed by atoms with E-state index >= 15 is 0 Å². The molecule has 162 valence electrons. The topological polar surface area (TPSA) is 78.1 Å². The van der Waals surface area contributed by atoms with Gasteiger partial charge in [-0.15, -0.1) is 0 Å². The lowest BCUT2D eigenvalue weighted by atomic mass is 10.1. The summed E-state index contributed by atoms with van der Waals surface area (Å²) in [5.74, 6) is -0.919. The molecule has 4 rings (SSSR count). The van der Waals surface area contributed by atoms with Crippen LogP contribution in [0.4, 0.5) is 24.5 Å². The molecule has 1 N–H and O–H groups in total. The maximum absolute atomic E-state index is 13.2. The molecule has 0 saturated heterocycles. The summed E-state index contributed by atoms with van der Waals surface area (Å²) in [5.41, 5.74) is 0.643. The highest BCUT2D eigenvalue weighted by atomic mass is 19.4. The quantitative estimate of drug-likeness (QED) is 0.635. The zero-order chi connectivity index (χ0) is 23.0. The molecule has 9 heteroatoms. The van der Waals surface area contributed by atoms with Crippen LogP contribution in [0.5, 0.6) is 0 Å². The Balaban J connectivity index is 1.63. The van der Waals surface area contributed by atoms with E-state index in [-0.39, 0.29) is 29.5 Å². The fourth-order valence-electron chi connectivity index (χ4n) is 3.68. The van der Waals surface area contributed by atoms with Crippen molar-refractivity contribution in [3.8, 4) is 6.07 Å². The first-order valence-electron chi connectivity index (χ1n) is 9.70. The Morgan fingerprint density at radius 2 is 1.88 bits per heavy atom. The fourth-order valence-corrected chi connectivity index (χ4v) is 3.68. The Bertz CT molecular complexity index is 1240. The second-order valence-electron chi connectivity index (χ2n) is 7.44. The zero-order valence-electron chi connectivity index (χ0n) is 16.8. The van der Waals surface area contributed by atoms with Crippen molar-refractivity contribution in [2.75, 3.05) is 16.8 Å². The molecule has 2 heterocycles. The molecule has 2 aromatic carbocycles. The Kier molecular flexibility index (Phi) is 5.22. The number of benzene rings is 2. The average molecular weight is 438 g/mol. The highest BCUT2D eigenvalue weighted by molar-refractivity contribution is 6.13. The van der Waals surface area contributed by atoms with Gasteiger partial charge in [-0.3, -0.25) is 9.59 Å². The van der Waals surface area contributed by atoms with E-state index in [4.69, 9.17) is 5.26 Å². The molecule has 1 atom stereocenters. The minimum Gasteiger partial charge on any atom is -0.337 e.